The molecule has 2 atom stereocenters. The minimum atomic E-state index is -5.08. The quantitative estimate of drug-likeness (QED) is 0.463. The third-order valence-corrected chi connectivity index (χ3v) is 7.02. The molecule has 2 aliphatic heterocycles. The topological polar surface area (TPSA) is 86.0 Å². The summed E-state index contributed by atoms with van der Waals surface area (Å²) < 4.78 is 37.2. The highest BCUT2D eigenvalue weighted by atomic mass is 19.4. The van der Waals surface area contributed by atoms with Crippen molar-refractivity contribution >= 4 is 34.2 Å². The normalized spacial score (nSPS) is 20.1. The summed E-state index contributed by atoms with van der Waals surface area (Å²) in [4.78, 5) is 26.8. The van der Waals surface area contributed by atoms with Crippen molar-refractivity contribution in [2.24, 2.45) is 0 Å². The van der Waals surface area contributed by atoms with Gasteiger partial charge in [-0.1, -0.05) is 6.07 Å². The van der Waals surface area contributed by atoms with Crippen LogP contribution in [0.4, 0.5) is 24.5 Å². The Bertz CT molecular complexity index is 1270. The molecule has 2 saturated heterocycles. The van der Waals surface area contributed by atoms with E-state index in [-0.39, 0.29) is 5.91 Å². The Morgan fingerprint density at radius 3 is 2.49 bits per heavy atom. The lowest BCUT2D eigenvalue weighted by molar-refractivity contribution is -0.192. The van der Waals surface area contributed by atoms with Crippen molar-refractivity contribution in [2.45, 2.75) is 51.4 Å². The average molecular weight is 518 g/mol. The number of carboxylic acids is 1. The molecular formula is C27H30F3N3O4. The van der Waals surface area contributed by atoms with Crippen LogP contribution in [0, 0.1) is 6.92 Å². The number of fused-ring (bicyclic) bond motifs is 1. The molecule has 3 heterocycles. The minimum absolute atomic E-state index is 0.117. The molecule has 37 heavy (non-hydrogen) atoms. The van der Waals surface area contributed by atoms with Crippen LogP contribution in [-0.2, 0) is 4.79 Å². The van der Waals surface area contributed by atoms with E-state index in [9.17, 15) is 18.0 Å². The van der Waals surface area contributed by atoms with Gasteiger partial charge in [-0.05, 0) is 81.6 Å². The minimum Gasteiger partial charge on any atom is -0.475 e. The van der Waals surface area contributed by atoms with Crippen molar-refractivity contribution in [3.8, 4) is 0 Å². The SMILES string of the molecule is Cc1cc(N2CC[C@H](N3CCC[C@@H]3C)C2)ccc1NC(=O)c1ccc2ccoc2c1.O=C(O)C(F)(F)F. The van der Waals surface area contributed by atoms with E-state index in [0.717, 1.165) is 41.4 Å². The Kier molecular flexibility index (Phi) is 7.77. The van der Waals surface area contributed by atoms with Gasteiger partial charge in [0.25, 0.3) is 5.91 Å². The molecule has 2 aromatic carbocycles. The molecule has 0 radical (unpaired) electrons. The second kappa shape index (κ2) is 10.8. The fourth-order valence-corrected chi connectivity index (χ4v) is 5.02. The number of hydrogen-bond donors (Lipinski definition) is 2. The predicted octanol–water partition coefficient (Wildman–Crippen LogP) is 5.69. The number of carbonyl (C=O) groups is 2. The third kappa shape index (κ3) is 6.25. The number of hydrogen-bond acceptors (Lipinski definition) is 5. The third-order valence-electron chi connectivity index (χ3n) is 7.02. The first-order valence-corrected chi connectivity index (χ1v) is 12.2. The Labute approximate surface area is 212 Å². The van der Waals surface area contributed by atoms with Gasteiger partial charge in [0.05, 0.1) is 6.26 Å². The van der Waals surface area contributed by atoms with Crippen molar-refractivity contribution in [3.05, 3.63) is 59.9 Å². The number of furan rings is 1. The van der Waals surface area contributed by atoms with Crippen LogP contribution >= 0.6 is 0 Å². The lowest BCUT2D eigenvalue weighted by Gasteiger charge is -2.28. The summed E-state index contributed by atoms with van der Waals surface area (Å²) in [5, 5.41) is 11.2. The number of amides is 1. The second-order valence-electron chi connectivity index (χ2n) is 9.55. The molecule has 0 spiro atoms. The number of aryl methyl sites for hydroxylation is 1. The van der Waals surface area contributed by atoms with E-state index in [0.29, 0.717) is 11.6 Å². The first-order chi connectivity index (χ1) is 17.5. The summed E-state index contributed by atoms with van der Waals surface area (Å²) in [7, 11) is 0. The number of halogens is 3. The summed E-state index contributed by atoms with van der Waals surface area (Å²) in [5.41, 5.74) is 4.51. The van der Waals surface area contributed by atoms with Crippen molar-refractivity contribution in [1.82, 2.24) is 4.90 Å². The first kappa shape index (κ1) is 26.5. The maximum Gasteiger partial charge on any atom is 0.490 e. The smallest absolute Gasteiger partial charge is 0.475 e. The number of nitrogens with one attached hydrogen (secondary N) is 1. The number of carboxylic acid groups (broad SMARTS) is 1. The number of benzene rings is 2. The highest BCUT2D eigenvalue weighted by Crippen LogP contribution is 2.30. The molecule has 3 aromatic rings. The molecule has 2 aliphatic rings. The molecule has 1 amide bonds. The average Bonchev–Trinajstić information content (AvgIpc) is 3.60. The summed E-state index contributed by atoms with van der Waals surface area (Å²) >= 11 is 0. The molecule has 2 fully saturated rings. The van der Waals surface area contributed by atoms with Crippen LogP contribution in [0.5, 0.6) is 0 Å². The Hall–Kier alpha value is -3.53. The fourth-order valence-electron chi connectivity index (χ4n) is 5.02. The van der Waals surface area contributed by atoms with Gasteiger partial charge >= 0.3 is 12.1 Å². The number of alkyl halides is 3. The molecule has 2 N–H and O–H groups in total. The molecule has 1 aromatic heterocycles. The zero-order chi connectivity index (χ0) is 26.7. The monoisotopic (exact) mass is 517 g/mol. The predicted molar refractivity (Wildman–Crippen MR) is 135 cm³/mol. The van der Waals surface area contributed by atoms with Gasteiger partial charge in [0.2, 0.25) is 0 Å². The van der Waals surface area contributed by atoms with Gasteiger partial charge in [0, 0.05) is 47.5 Å². The van der Waals surface area contributed by atoms with Gasteiger partial charge in [-0.15, -0.1) is 0 Å². The molecule has 7 nitrogen and oxygen atoms in total. The highest BCUT2D eigenvalue weighted by molar-refractivity contribution is 6.06. The van der Waals surface area contributed by atoms with Crippen LogP contribution in [0.1, 0.15) is 42.1 Å². The molecule has 0 unspecified atom stereocenters. The summed E-state index contributed by atoms with van der Waals surface area (Å²) in [5.74, 6) is -2.87. The number of anilines is 2. The Balaban J connectivity index is 0.000000405. The number of carbonyl (C=O) groups excluding carboxylic acids is 1. The largest absolute Gasteiger partial charge is 0.490 e. The summed E-state index contributed by atoms with van der Waals surface area (Å²) in [6.45, 7) is 7.86. The number of aliphatic carboxylic acids is 1. The molecule has 0 saturated carbocycles. The first-order valence-electron chi connectivity index (χ1n) is 12.2. The van der Waals surface area contributed by atoms with Gasteiger partial charge in [-0.2, -0.15) is 13.2 Å². The van der Waals surface area contributed by atoms with Gasteiger partial charge in [0.15, 0.2) is 0 Å². The number of rotatable bonds is 4. The number of likely N-dealkylation sites (tertiary alicyclic amines) is 1. The summed E-state index contributed by atoms with van der Waals surface area (Å²) in [6.07, 6.45) is 0.453. The van der Waals surface area contributed by atoms with Gasteiger partial charge < -0.3 is 19.7 Å². The van der Waals surface area contributed by atoms with Crippen LogP contribution in [0.25, 0.3) is 11.0 Å². The zero-order valence-corrected chi connectivity index (χ0v) is 20.7. The van der Waals surface area contributed by atoms with Gasteiger partial charge in [0.1, 0.15) is 5.58 Å². The molecular weight excluding hydrogens is 487 g/mol. The van der Waals surface area contributed by atoms with Crippen LogP contribution in [0.3, 0.4) is 0 Å². The van der Waals surface area contributed by atoms with Gasteiger partial charge in [-0.25, -0.2) is 4.79 Å². The second-order valence-corrected chi connectivity index (χ2v) is 9.55. The summed E-state index contributed by atoms with van der Waals surface area (Å²) in [6, 6.07) is 15.2. The van der Waals surface area contributed by atoms with Crippen molar-refractivity contribution in [1.29, 1.82) is 0 Å². The van der Waals surface area contributed by atoms with Crippen molar-refractivity contribution in [2.75, 3.05) is 29.9 Å². The Morgan fingerprint density at radius 2 is 1.84 bits per heavy atom. The van der Waals surface area contributed by atoms with Gasteiger partial charge in [-0.3, -0.25) is 9.69 Å². The van der Waals surface area contributed by atoms with Crippen LogP contribution in [0.15, 0.2) is 53.1 Å². The van der Waals surface area contributed by atoms with E-state index in [4.69, 9.17) is 14.3 Å². The van der Waals surface area contributed by atoms with Crippen molar-refractivity contribution in [3.63, 3.8) is 0 Å². The van der Waals surface area contributed by atoms with Crippen molar-refractivity contribution < 1.29 is 32.3 Å². The molecule has 0 aliphatic carbocycles. The van der Waals surface area contributed by atoms with E-state index in [1.807, 2.05) is 24.3 Å². The van der Waals surface area contributed by atoms with E-state index >= 15 is 0 Å². The lowest BCUT2D eigenvalue weighted by atomic mass is 10.1. The number of nitrogens with zero attached hydrogens (tertiary/aromatic N) is 2. The molecule has 10 heteroatoms. The van der Waals surface area contributed by atoms with E-state index in [1.54, 1.807) is 12.3 Å². The zero-order valence-electron chi connectivity index (χ0n) is 20.7. The lowest BCUT2D eigenvalue weighted by Crippen LogP contribution is -2.39. The van der Waals surface area contributed by atoms with E-state index < -0.39 is 12.1 Å². The molecule has 0 bridgehead atoms. The van der Waals surface area contributed by atoms with Crippen LogP contribution < -0.4 is 10.2 Å². The standard InChI is InChI=1S/C25H29N3O2.C2HF3O2/c1-17-14-21(27-12-9-22(16-27)28-11-3-4-18(28)2)7-8-23(17)26-25(29)20-6-5-19-10-13-30-24(19)15-20;3-2(4,5)1(6)7/h5-8,10,13-15,18,22H,3-4,9,11-12,16H2,1-2H3,(H,26,29);(H,6,7)/t18-,22-;/m0./s1. The van der Waals surface area contributed by atoms with Crippen LogP contribution in [0.2, 0.25) is 0 Å². The fraction of sp³-hybridized carbons (Fsp3) is 0.407. The van der Waals surface area contributed by atoms with E-state index in [2.05, 4.69) is 41.1 Å². The maximum absolute atomic E-state index is 12.7. The van der Waals surface area contributed by atoms with Crippen LogP contribution in [-0.4, -0.2) is 59.8 Å². The highest BCUT2D eigenvalue weighted by Gasteiger charge is 2.38. The van der Waals surface area contributed by atoms with E-state index in [1.165, 1.54) is 31.5 Å². The molecule has 198 valence electrons. The molecule has 5 rings (SSSR count). The Morgan fingerprint density at radius 1 is 1.08 bits per heavy atom. The maximum atomic E-state index is 12.7.